The minimum atomic E-state index is -1.01. The Morgan fingerprint density at radius 3 is 2.94 bits per heavy atom. The SMILES string of the molecule is Cl.N#CCCn1nnnc1CCC[C@H](N)C(=O)O. The summed E-state index contributed by atoms with van der Waals surface area (Å²) in [5, 5.41) is 28.1. The number of nitrogens with zero attached hydrogens (tertiary/aromatic N) is 5. The maximum Gasteiger partial charge on any atom is 0.320 e. The van der Waals surface area contributed by atoms with Crippen LogP contribution in [0.15, 0.2) is 0 Å². The van der Waals surface area contributed by atoms with Crippen molar-refractivity contribution < 1.29 is 9.90 Å². The molecule has 1 atom stereocenters. The first-order valence-corrected chi connectivity index (χ1v) is 5.25. The maximum atomic E-state index is 10.5. The highest BCUT2D eigenvalue weighted by Crippen LogP contribution is 2.03. The molecule has 0 saturated heterocycles. The van der Waals surface area contributed by atoms with Crippen molar-refractivity contribution >= 4 is 18.4 Å². The molecule has 1 aromatic rings. The zero-order chi connectivity index (χ0) is 12.7. The topological polar surface area (TPSA) is 131 Å². The molecular formula is C9H15ClN6O2. The molecule has 0 amide bonds. The number of hydrogen-bond donors (Lipinski definition) is 2. The molecule has 0 aliphatic heterocycles. The zero-order valence-corrected chi connectivity index (χ0v) is 10.5. The molecule has 9 heteroatoms. The predicted octanol–water partition coefficient (Wildman–Crippen LogP) is -0.257. The summed E-state index contributed by atoms with van der Waals surface area (Å²) < 4.78 is 1.55. The van der Waals surface area contributed by atoms with Crippen LogP contribution in [-0.2, 0) is 17.8 Å². The molecule has 0 aromatic carbocycles. The molecule has 1 aromatic heterocycles. The number of aliphatic carboxylic acids is 1. The van der Waals surface area contributed by atoms with Crippen LogP contribution in [0.25, 0.3) is 0 Å². The lowest BCUT2D eigenvalue weighted by molar-refractivity contribution is -0.138. The molecular weight excluding hydrogens is 260 g/mol. The van der Waals surface area contributed by atoms with Gasteiger partial charge in [0.15, 0.2) is 5.82 Å². The minimum absolute atomic E-state index is 0. The molecule has 3 N–H and O–H groups in total. The molecule has 8 nitrogen and oxygen atoms in total. The van der Waals surface area contributed by atoms with E-state index in [0.29, 0.717) is 38.1 Å². The van der Waals surface area contributed by atoms with E-state index in [1.807, 2.05) is 6.07 Å². The molecule has 18 heavy (non-hydrogen) atoms. The van der Waals surface area contributed by atoms with E-state index in [2.05, 4.69) is 15.5 Å². The van der Waals surface area contributed by atoms with Crippen LogP contribution in [0.1, 0.15) is 25.1 Å². The van der Waals surface area contributed by atoms with Gasteiger partial charge in [-0.1, -0.05) is 0 Å². The third kappa shape index (κ3) is 5.07. The van der Waals surface area contributed by atoms with Gasteiger partial charge in [-0.25, -0.2) is 4.68 Å². The fourth-order valence-corrected chi connectivity index (χ4v) is 1.34. The molecule has 0 aliphatic carbocycles. The van der Waals surface area contributed by atoms with Gasteiger partial charge >= 0.3 is 5.97 Å². The molecule has 0 saturated carbocycles. The fraction of sp³-hybridized carbons (Fsp3) is 0.667. The van der Waals surface area contributed by atoms with Gasteiger partial charge in [0.05, 0.1) is 19.0 Å². The van der Waals surface area contributed by atoms with Crippen molar-refractivity contribution in [3.05, 3.63) is 5.82 Å². The van der Waals surface area contributed by atoms with Crippen molar-refractivity contribution in [1.29, 1.82) is 5.26 Å². The fourth-order valence-electron chi connectivity index (χ4n) is 1.34. The van der Waals surface area contributed by atoms with Gasteiger partial charge < -0.3 is 10.8 Å². The number of nitriles is 1. The largest absolute Gasteiger partial charge is 0.480 e. The highest BCUT2D eigenvalue weighted by molar-refractivity contribution is 5.85. The third-order valence-corrected chi connectivity index (χ3v) is 2.27. The standard InChI is InChI=1S/C9H14N6O2.ClH/c10-5-2-6-15-8(12-13-14-15)4-1-3-7(11)9(16)17;/h7H,1-4,6,11H2,(H,16,17);1H/t7-;/m0./s1. The average molecular weight is 275 g/mol. The van der Waals surface area contributed by atoms with Gasteiger partial charge in [-0.3, -0.25) is 4.79 Å². The minimum Gasteiger partial charge on any atom is -0.480 e. The quantitative estimate of drug-likeness (QED) is 0.700. The lowest BCUT2D eigenvalue weighted by atomic mass is 10.1. The molecule has 0 fully saturated rings. The second kappa shape index (κ2) is 8.38. The van der Waals surface area contributed by atoms with Gasteiger partial charge in [0.1, 0.15) is 6.04 Å². The zero-order valence-electron chi connectivity index (χ0n) is 9.69. The van der Waals surface area contributed by atoms with Gasteiger partial charge in [0.25, 0.3) is 0 Å². The summed E-state index contributed by atoms with van der Waals surface area (Å²) in [6, 6.07) is 1.16. The van der Waals surface area contributed by atoms with Crippen molar-refractivity contribution in [2.24, 2.45) is 5.73 Å². The van der Waals surface area contributed by atoms with E-state index < -0.39 is 12.0 Å². The van der Waals surface area contributed by atoms with E-state index in [4.69, 9.17) is 16.1 Å². The lowest BCUT2D eigenvalue weighted by Gasteiger charge is -2.05. The Bertz CT molecular complexity index is 415. The van der Waals surface area contributed by atoms with Crippen molar-refractivity contribution in [1.82, 2.24) is 20.2 Å². The summed E-state index contributed by atoms with van der Waals surface area (Å²) in [5.74, 6) is -0.355. The second-order valence-corrected chi connectivity index (χ2v) is 3.56. The summed E-state index contributed by atoms with van der Waals surface area (Å²) in [7, 11) is 0. The number of carbonyl (C=O) groups is 1. The number of carboxylic acid groups (broad SMARTS) is 1. The van der Waals surface area contributed by atoms with Crippen LogP contribution in [0.4, 0.5) is 0 Å². The predicted molar refractivity (Wildman–Crippen MR) is 63.8 cm³/mol. The van der Waals surface area contributed by atoms with Crippen LogP contribution >= 0.6 is 12.4 Å². The molecule has 0 spiro atoms. The number of tetrazole rings is 1. The Hall–Kier alpha value is -1.72. The number of aromatic nitrogens is 4. The molecule has 1 heterocycles. The van der Waals surface area contributed by atoms with E-state index >= 15 is 0 Å². The Balaban J connectivity index is 0.00000289. The summed E-state index contributed by atoms with van der Waals surface area (Å²) in [4.78, 5) is 10.5. The van der Waals surface area contributed by atoms with Crippen LogP contribution in [0.5, 0.6) is 0 Å². The molecule has 100 valence electrons. The van der Waals surface area contributed by atoms with Crippen molar-refractivity contribution in [3.8, 4) is 6.07 Å². The Morgan fingerprint density at radius 2 is 2.33 bits per heavy atom. The summed E-state index contributed by atoms with van der Waals surface area (Å²) in [5.41, 5.74) is 5.37. The van der Waals surface area contributed by atoms with Crippen molar-refractivity contribution in [3.63, 3.8) is 0 Å². The molecule has 0 unspecified atom stereocenters. The first-order valence-electron chi connectivity index (χ1n) is 5.25. The van der Waals surface area contributed by atoms with Gasteiger partial charge in [-0.15, -0.1) is 17.5 Å². The number of rotatable bonds is 7. The first-order chi connectivity index (χ1) is 8.15. The van der Waals surface area contributed by atoms with Crippen LogP contribution in [-0.4, -0.2) is 37.3 Å². The van der Waals surface area contributed by atoms with E-state index in [1.165, 1.54) is 0 Å². The average Bonchev–Trinajstić information content (AvgIpc) is 2.73. The number of hydrogen-bond acceptors (Lipinski definition) is 6. The number of aryl methyl sites for hydroxylation is 2. The Morgan fingerprint density at radius 1 is 1.61 bits per heavy atom. The molecule has 0 aliphatic rings. The van der Waals surface area contributed by atoms with E-state index in [-0.39, 0.29) is 12.4 Å². The smallest absolute Gasteiger partial charge is 0.320 e. The van der Waals surface area contributed by atoms with Crippen molar-refractivity contribution in [2.45, 2.75) is 38.3 Å². The van der Waals surface area contributed by atoms with E-state index in [0.717, 1.165) is 0 Å². The van der Waals surface area contributed by atoms with Crippen LogP contribution < -0.4 is 5.73 Å². The van der Waals surface area contributed by atoms with Crippen molar-refractivity contribution in [2.75, 3.05) is 0 Å². The number of nitrogens with two attached hydrogens (primary N) is 1. The molecule has 0 bridgehead atoms. The lowest BCUT2D eigenvalue weighted by Crippen LogP contribution is -2.30. The van der Waals surface area contributed by atoms with E-state index in [9.17, 15) is 4.79 Å². The van der Waals surface area contributed by atoms with Crippen LogP contribution in [0.2, 0.25) is 0 Å². The summed E-state index contributed by atoms with van der Waals surface area (Å²) in [6.45, 7) is 0.448. The van der Waals surface area contributed by atoms with Gasteiger partial charge in [-0.2, -0.15) is 5.26 Å². The Kier molecular flexibility index (Phi) is 7.58. The summed E-state index contributed by atoms with van der Waals surface area (Å²) in [6.07, 6.45) is 1.87. The van der Waals surface area contributed by atoms with Crippen LogP contribution in [0, 0.1) is 11.3 Å². The molecule has 1 rings (SSSR count). The Labute approximate surface area is 110 Å². The number of carboxylic acids is 1. The highest BCUT2D eigenvalue weighted by atomic mass is 35.5. The van der Waals surface area contributed by atoms with Gasteiger partial charge in [0.2, 0.25) is 0 Å². The normalized spacial score (nSPS) is 11.3. The van der Waals surface area contributed by atoms with Gasteiger partial charge in [0, 0.05) is 6.42 Å². The highest BCUT2D eigenvalue weighted by Gasteiger charge is 2.12. The first kappa shape index (κ1) is 16.3. The second-order valence-electron chi connectivity index (χ2n) is 3.56. The third-order valence-electron chi connectivity index (χ3n) is 2.27. The monoisotopic (exact) mass is 274 g/mol. The number of halogens is 1. The van der Waals surface area contributed by atoms with Gasteiger partial charge in [-0.05, 0) is 23.3 Å². The molecule has 0 radical (unpaired) electrons. The van der Waals surface area contributed by atoms with Crippen LogP contribution in [0.3, 0.4) is 0 Å². The maximum absolute atomic E-state index is 10.5. The summed E-state index contributed by atoms with van der Waals surface area (Å²) >= 11 is 0. The van der Waals surface area contributed by atoms with E-state index in [1.54, 1.807) is 4.68 Å².